The lowest BCUT2D eigenvalue weighted by Gasteiger charge is -2.01. The molecule has 134 valence electrons. The standard InChI is InChI=1S/C16H13ClN4O3S2/c17-11-4-1-3-10(7-11)14(23)19-15-20-21-16(26-15)25-9-13(22)18-8-12-5-2-6-24-12/h1-7H,8-9H2,(H,18,22)(H,19,20,23). The monoisotopic (exact) mass is 408 g/mol. The van der Waals surface area contributed by atoms with E-state index in [1.807, 2.05) is 0 Å². The fourth-order valence-electron chi connectivity index (χ4n) is 1.89. The summed E-state index contributed by atoms with van der Waals surface area (Å²) in [7, 11) is 0. The third-order valence-electron chi connectivity index (χ3n) is 3.08. The minimum atomic E-state index is -0.323. The van der Waals surface area contributed by atoms with Crippen molar-refractivity contribution in [1.82, 2.24) is 15.5 Å². The Morgan fingerprint density at radius 1 is 1.23 bits per heavy atom. The van der Waals surface area contributed by atoms with E-state index in [0.717, 1.165) is 0 Å². The summed E-state index contributed by atoms with van der Waals surface area (Å²) >= 11 is 8.31. The van der Waals surface area contributed by atoms with E-state index < -0.39 is 0 Å². The number of nitrogens with one attached hydrogen (secondary N) is 2. The van der Waals surface area contributed by atoms with Crippen LogP contribution in [0.1, 0.15) is 16.1 Å². The molecule has 0 bridgehead atoms. The zero-order valence-corrected chi connectivity index (χ0v) is 15.7. The lowest BCUT2D eigenvalue weighted by Crippen LogP contribution is -2.24. The molecule has 0 aliphatic carbocycles. The average molecular weight is 409 g/mol. The number of hydrogen-bond acceptors (Lipinski definition) is 7. The number of amides is 2. The zero-order chi connectivity index (χ0) is 18.4. The molecular weight excluding hydrogens is 396 g/mol. The number of benzene rings is 1. The number of carbonyl (C=O) groups is 2. The fraction of sp³-hybridized carbons (Fsp3) is 0.125. The van der Waals surface area contributed by atoms with Gasteiger partial charge in [-0.15, -0.1) is 10.2 Å². The Kier molecular flexibility index (Phi) is 6.26. The molecule has 0 aliphatic heterocycles. The van der Waals surface area contributed by atoms with Gasteiger partial charge in [0.05, 0.1) is 18.6 Å². The van der Waals surface area contributed by atoms with E-state index in [4.69, 9.17) is 16.0 Å². The number of thioether (sulfide) groups is 1. The molecule has 10 heteroatoms. The minimum Gasteiger partial charge on any atom is -0.467 e. The van der Waals surface area contributed by atoms with Gasteiger partial charge in [0.1, 0.15) is 5.76 Å². The molecule has 0 saturated carbocycles. The van der Waals surface area contributed by atoms with Crippen LogP contribution in [0.4, 0.5) is 5.13 Å². The topological polar surface area (TPSA) is 97.1 Å². The average Bonchev–Trinajstić information content (AvgIpc) is 3.30. The molecule has 0 fully saturated rings. The highest BCUT2D eigenvalue weighted by Crippen LogP contribution is 2.25. The maximum absolute atomic E-state index is 12.1. The van der Waals surface area contributed by atoms with Crippen LogP contribution >= 0.6 is 34.7 Å². The maximum Gasteiger partial charge on any atom is 0.257 e. The van der Waals surface area contributed by atoms with Gasteiger partial charge in [-0.2, -0.15) is 0 Å². The van der Waals surface area contributed by atoms with E-state index in [-0.39, 0.29) is 17.6 Å². The van der Waals surface area contributed by atoms with Crippen molar-refractivity contribution >= 4 is 51.6 Å². The first-order chi connectivity index (χ1) is 12.6. The Morgan fingerprint density at radius 3 is 2.88 bits per heavy atom. The molecule has 0 unspecified atom stereocenters. The second kappa shape index (κ2) is 8.84. The van der Waals surface area contributed by atoms with Crippen LogP contribution in [0.15, 0.2) is 51.4 Å². The molecule has 1 aromatic carbocycles. The highest BCUT2D eigenvalue weighted by molar-refractivity contribution is 8.01. The van der Waals surface area contributed by atoms with Crippen LogP contribution < -0.4 is 10.6 Å². The summed E-state index contributed by atoms with van der Waals surface area (Å²) in [5, 5.41) is 14.1. The van der Waals surface area contributed by atoms with Crippen molar-refractivity contribution in [2.45, 2.75) is 10.9 Å². The summed E-state index contributed by atoms with van der Waals surface area (Å²) in [4.78, 5) is 23.9. The van der Waals surface area contributed by atoms with Gasteiger partial charge in [-0.3, -0.25) is 14.9 Å². The van der Waals surface area contributed by atoms with Gasteiger partial charge in [-0.25, -0.2) is 0 Å². The second-order valence-corrected chi connectivity index (χ2v) is 7.62. The highest BCUT2D eigenvalue weighted by Gasteiger charge is 2.12. The van der Waals surface area contributed by atoms with Gasteiger partial charge >= 0.3 is 0 Å². The first-order valence-corrected chi connectivity index (χ1v) is 9.60. The molecule has 2 N–H and O–H groups in total. The van der Waals surface area contributed by atoms with Crippen molar-refractivity contribution in [3.63, 3.8) is 0 Å². The van der Waals surface area contributed by atoms with Gasteiger partial charge in [0.15, 0.2) is 4.34 Å². The number of nitrogens with zero attached hydrogens (tertiary/aromatic N) is 2. The van der Waals surface area contributed by atoms with Gasteiger partial charge in [0.2, 0.25) is 11.0 Å². The van der Waals surface area contributed by atoms with E-state index in [1.165, 1.54) is 23.1 Å². The van der Waals surface area contributed by atoms with Gasteiger partial charge in [-0.1, -0.05) is 40.8 Å². The number of rotatable bonds is 7. The summed E-state index contributed by atoms with van der Waals surface area (Å²) in [6.45, 7) is 0.337. The molecule has 2 heterocycles. The Bertz CT molecular complexity index is 899. The number of carbonyl (C=O) groups excluding carboxylic acids is 2. The third kappa shape index (κ3) is 5.32. The Morgan fingerprint density at radius 2 is 2.12 bits per heavy atom. The molecule has 0 atom stereocenters. The van der Waals surface area contributed by atoms with E-state index in [2.05, 4.69) is 20.8 Å². The summed E-state index contributed by atoms with van der Waals surface area (Å²) in [5.41, 5.74) is 0.430. The van der Waals surface area contributed by atoms with E-state index in [0.29, 0.717) is 32.4 Å². The number of halogens is 1. The van der Waals surface area contributed by atoms with Gasteiger partial charge < -0.3 is 9.73 Å². The van der Waals surface area contributed by atoms with E-state index >= 15 is 0 Å². The SMILES string of the molecule is O=C(CSc1nnc(NC(=O)c2cccc(Cl)c2)s1)NCc1ccco1. The molecule has 0 radical (unpaired) electrons. The van der Waals surface area contributed by atoms with Crippen LogP contribution in [-0.4, -0.2) is 27.8 Å². The molecular formula is C16H13ClN4O3S2. The van der Waals surface area contributed by atoms with Crippen molar-refractivity contribution in [1.29, 1.82) is 0 Å². The lowest BCUT2D eigenvalue weighted by molar-refractivity contribution is -0.118. The molecule has 0 aliphatic rings. The predicted octanol–water partition coefficient (Wildman–Crippen LogP) is 3.45. The predicted molar refractivity (Wildman–Crippen MR) is 101 cm³/mol. The molecule has 0 spiro atoms. The van der Waals surface area contributed by atoms with Crippen LogP contribution in [0.2, 0.25) is 5.02 Å². The molecule has 26 heavy (non-hydrogen) atoms. The van der Waals surface area contributed by atoms with Crippen molar-refractivity contribution < 1.29 is 14.0 Å². The highest BCUT2D eigenvalue weighted by atomic mass is 35.5. The Labute approximate surface area is 162 Å². The van der Waals surface area contributed by atoms with Crippen LogP contribution in [-0.2, 0) is 11.3 Å². The van der Waals surface area contributed by atoms with Crippen molar-refractivity contribution in [2.75, 3.05) is 11.1 Å². The van der Waals surface area contributed by atoms with E-state index in [9.17, 15) is 9.59 Å². The van der Waals surface area contributed by atoms with Gasteiger partial charge in [-0.05, 0) is 30.3 Å². The summed E-state index contributed by atoms with van der Waals surface area (Å²) in [6, 6.07) is 10.1. The number of anilines is 1. The first kappa shape index (κ1) is 18.4. The van der Waals surface area contributed by atoms with Crippen molar-refractivity contribution in [3.8, 4) is 0 Å². The molecule has 0 saturated heterocycles. The van der Waals surface area contributed by atoms with Gasteiger partial charge in [0, 0.05) is 10.6 Å². The minimum absolute atomic E-state index is 0.147. The smallest absolute Gasteiger partial charge is 0.257 e. The molecule has 2 amide bonds. The Balaban J connectivity index is 1.47. The number of hydrogen-bond donors (Lipinski definition) is 2. The molecule has 7 nitrogen and oxygen atoms in total. The van der Waals surface area contributed by atoms with Gasteiger partial charge in [0.25, 0.3) is 5.91 Å². The van der Waals surface area contributed by atoms with Crippen LogP contribution in [0.5, 0.6) is 0 Å². The summed E-state index contributed by atoms with van der Waals surface area (Å²) in [6.07, 6.45) is 1.55. The third-order valence-corrected chi connectivity index (χ3v) is 5.29. The van der Waals surface area contributed by atoms with Crippen molar-refractivity contribution in [2.24, 2.45) is 0 Å². The normalized spacial score (nSPS) is 10.5. The molecule has 2 aromatic heterocycles. The fourth-order valence-corrected chi connectivity index (χ4v) is 3.66. The molecule has 3 rings (SSSR count). The Hall–Kier alpha value is -2.36. The number of aromatic nitrogens is 2. The largest absolute Gasteiger partial charge is 0.467 e. The lowest BCUT2D eigenvalue weighted by atomic mass is 10.2. The zero-order valence-electron chi connectivity index (χ0n) is 13.3. The molecule has 3 aromatic rings. The van der Waals surface area contributed by atoms with E-state index in [1.54, 1.807) is 42.7 Å². The van der Waals surface area contributed by atoms with Crippen LogP contribution in [0.3, 0.4) is 0 Å². The quantitative estimate of drug-likeness (QED) is 0.459. The van der Waals surface area contributed by atoms with Crippen LogP contribution in [0, 0.1) is 0 Å². The van der Waals surface area contributed by atoms with Crippen molar-refractivity contribution in [3.05, 3.63) is 59.0 Å². The summed E-state index contributed by atoms with van der Waals surface area (Å²) in [5.74, 6) is 0.408. The first-order valence-electron chi connectivity index (χ1n) is 7.42. The van der Waals surface area contributed by atoms with Crippen LogP contribution in [0.25, 0.3) is 0 Å². The maximum atomic E-state index is 12.1. The number of furan rings is 1. The summed E-state index contributed by atoms with van der Waals surface area (Å²) < 4.78 is 5.72. The second-order valence-electron chi connectivity index (χ2n) is 4.98.